The highest BCUT2D eigenvalue weighted by atomic mass is 16.6. The number of nitrogens with zero attached hydrogens (tertiary/aromatic N) is 1. The molecule has 32 heavy (non-hydrogen) atoms. The summed E-state index contributed by atoms with van der Waals surface area (Å²) in [7, 11) is 0. The highest BCUT2D eigenvalue weighted by Crippen LogP contribution is 2.36. The fourth-order valence-electron chi connectivity index (χ4n) is 4.59. The maximum absolute atomic E-state index is 13.3. The van der Waals surface area contributed by atoms with Crippen LogP contribution < -0.4 is 10.6 Å². The predicted octanol–water partition coefficient (Wildman–Crippen LogP) is 1.47. The standard InChI is InChI=1S/C23H27N3O6/c1-23(2,3)32-22(31)12-9-10-24-15(11-12)13-5-4-6-14-18(13)21(30)26(20(14)29)16-7-8-17(27)25-19(16)28/h4-6,12,15-16,24H,7-11H2,1-3H3,(H,25,27,28). The third kappa shape index (κ3) is 4.04. The number of piperidine rings is 2. The molecule has 0 saturated carbocycles. The molecule has 9 nitrogen and oxygen atoms in total. The Morgan fingerprint density at radius 1 is 1.09 bits per heavy atom. The number of esters is 1. The van der Waals surface area contributed by atoms with Crippen molar-refractivity contribution in [2.75, 3.05) is 6.54 Å². The summed E-state index contributed by atoms with van der Waals surface area (Å²) in [5.74, 6) is -2.74. The van der Waals surface area contributed by atoms with Crippen LogP contribution in [0.5, 0.6) is 0 Å². The summed E-state index contributed by atoms with van der Waals surface area (Å²) in [6.45, 7) is 6.03. The van der Waals surface area contributed by atoms with Gasteiger partial charge in [-0.2, -0.15) is 0 Å². The van der Waals surface area contributed by atoms with Crippen LogP contribution in [0, 0.1) is 5.92 Å². The zero-order valence-electron chi connectivity index (χ0n) is 18.4. The van der Waals surface area contributed by atoms with E-state index in [1.165, 1.54) is 0 Å². The smallest absolute Gasteiger partial charge is 0.309 e. The highest BCUT2D eigenvalue weighted by molar-refractivity contribution is 6.24. The largest absolute Gasteiger partial charge is 0.460 e. The maximum atomic E-state index is 13.3. The van der Waals surface area contributed by atoms with Gasteiger partial charge in [-0.3, -0.25) is 34.2 Å². The molecule has 4 amide bonds. The van der Waals surface area contributed by atoms with Crippen LogP contribution in [0.25, 0.3) is 0 Å². The first kappa shape index (κ1) is 22.1. The van der Waals surface area contributed by atoms with E-state index in [1.54, 1.807) is 18.2 Å². The average molecular weight is 441 g/mol. The van der Waals surface area contributed by atoms with Gasteiger partial charge in [0.05, 0.1) is 17.0 Å². The Morgan fingerprint density at radius 3 is 2.53 bits per heavy atom. The van der Waals surface area contributed by atoms with Gasteiger partial charge in [-0.05, 0) is 58.2 Å². The number of carbonyl (C=O) groups is 5. The van der Waals surface area contributed by atoms with E-state index in [1.807, 2.05) is 20.8 Å². The molecule has 3 aliphatic rings. The summed E-state index contributed by atoms with van der Waals surface area (Å²) in [4.78, 5) is 63.7. The first-order valence-corrected chi connectivity index (χ1v) is 10.9. The lowest BCUT2D eigenvalue weighted by Crippen LogP contribution is -2.54. The number of rotatable bonds is 3. The average Bonchev–Trinajstić information content (AvgIpc) is 2.98. The summed E-state index contributed by atoms with van der Waals surface area (Å²) < 4.78 is 5.54. The zero-order valence-corrected chi connectivity index (χ0v) is 18.4. The van der Waals surface area contributed by atoms with Gasteiger partial charge in [0.1, 0.15) is 11.6 Å². The van der Waals surface area contributed by atoms with E-state index < -0.39 is 35.3 Å². The molecule has 4 rings (SSSR count). The molecule has 2 fully saturated rings. The molecule has 0 aliphatic carbocycles. The third-order valence-electron chi connectivity index (χ3n) is 6.02. The number of ether oxygens (including phenoxy) is 1. The Hall–Kier alpha value is -3.07. The molecule has 9 heteroatoms. The molecule has 1 aromatic carbocycles. The molecular formula is C23H27N3O6. The van der Waals surface area contributed by atoms with Crippen LogP contribution in [0.1, 0.15) is 78.8 Å². The number of fused-ring (bicyclic) bond motifs is 1. The molecule has 2 saturated heterocycles. The van der Waals surface area contributed by atoms with Gasteiger partial charge in [0, 0.05) is 12.5 Å². The molecule has 2 N–H and O–H groups in total. The van der Waals surface area contributed by atoms with Crippen molar-refractivity contribution in [3.8, 4) is 0 Å². The van der Waals surface area contributed by atoms with Crippen molar-refractivity contribution >= 4 is 29.6 Å². The van der Waals surface area contributed by atoms with E-state index in [0.717, 1.165) is 4.90 Å². The number of hydrogen-bond acceptors (Lipinski definition) is 7. The van der Waals surface area contributed by atoms with Gasteiger partial charge in [0.15, 0.2) is 0 Å². The molecule has 0 bridgehead atoms. The summed E-state index contributed by atoms with van der Waals surface area (Å²) in [6.07, 6.45) is 1.23. The summed E-state index contributed by atoms with van der Waals surface area (Å²) in [6, 6.07) is 3.72. The van der Waals surface area contributed by atoms with Crippen molar-refractivity contribution in [2.45, 2.75) is 64.1 Å². The zero-order chi connectivity index (χ0) is 23.2. The normalized spacial score (nSPS) is 26.1. The van der Waals surface area contributed by atoms with Crippen molar-refractivity contribution in [2.24, 2.45) is 5.92 Å². The number of imide groups is 2. The molecule has 0 aromatic heterocycles. The molecule has 0 spiro atoms. The quantitative estimate of drug-likeness (QED) is 0.538. The molecule has 3 unspecified atom stereocenters. The molecule has 3 heterocycles. The lowest BCUT2D eigenvalue weighted by molar-refractivity contribution is -0.161. The number of amides is 4. The number of carbonyl (C=O) groups excluding carboxylic acids is 5. The second-order valence-corrected chi connectivity index (χ2v) is 9.48. The second-order valence-electron chi connectivity index (χ2n) is 9.48. The lowest BCUT2D eigenvalue weighted by atomic mass is 9.86. The van der Waals surface area contributed by atoms with E-state index in [0.29, 0.717) is 24.9 Å². The molecule has 170 valence electrons. The van der Waals surface area contributed by atoms with Crippen LogP contribution in [0.4, 0.5) is 0 Å². The Kier molecular flexibility index (Phi) is 5.62. The van der Waals surface area contributed by atoms with Gasteiger partial charge in [-0.25, -0.2) is 0 Å². The highest BCUT2D eigenvalue weighted by Gasteiger charge is 2.46. The number of nitrogens with one attached hydrogen (secondary N) is 2. The molecule has 3 atom stereocenters. The van der Waals surface area contributed by atoms with E-state index in [-0.39, 0.29) is 41.9 Å². The summed E-state index contributed by atoms with van der Waals surface area (Å²) >= 11 is 0. The van der Waals surface area contributed by atoms with Gasteiger partial charge >= 0.3 is 5.97 Å². The van der Waals surface area contributed by atoms with Crippen molar-refractivity contribution in [3.05, 3.63) is 34.9 Å². The molecule has 0 radical (unpaired) electrons. The van der Waals surface area contributed by atoms with Crippen LogP contribution in [0.15, 0.2) is 18.2 Å². The Bertz CT molecular complexity index is 1010. The van der Waals surface area contributed by atoms with Crippen molar-refractivity contribution in [1.29, 1.82) is 0 Å². The SMILES string of the molecule is CC(C)(C)OC(=O)C1CCNC(c2cccc3c2C(=O)N(C2CCC(=O)NC2=O)C3=O)C1. The maximum Gasteiger partial charge on any atom is 0.309 e. The molecular weight excluding hydrogens is 414 g/mol. The van der Waals surface area contributed by atoms with E-state index in [9.17, 15) is 24.0 Å². The van der Waals surface area contributed by atoms with Gasteiger partial charge < -0.3 is 10.1 Å². The Morgan fingerprint density at radius 2 is 1.84 bits per heavy atom. The van der Waals surface area contributed by atoms with E-state index >= 15 is 0 Å². The van der Waals surface area contributed by atoms with Crippen LogP contribution in [-0.2, 0) is 19.1 Å². The minimum atomic E-state index is -1.01. The van der Waals surface area contributed by atoms with Crippen LogP contribution in [-0.4, -0.2) is 52.7 Å². The van der Waals surface area contributed by atoms with Gasteiger partial charge in [-0.15, -0.1) is 0 Å². The fourth-order valence-corrected chi connectivity index (χ4v) is 4.59. The topological polar surface area (TPSA) is 122 Å². The number of hydrogen-bond donors (Lipinski definition) is 2. The first-order chi connectivity index (χ1) is 15.1. The monoisotopic (exact) mass is 441 g/mol. The van der Waals surface area contributed by atoms with Crippen molar-refractivity contribution in [3.63, 3.8) is 0 Å². The summed E-state index contributed by atoms with van der Waals surface area (Å²) in [5.41, 5.74) is 0.530. The minimum absolute atomic E-state index is 0.0679. The molecule has 1 aromatic rings. The van der Waals surface area contributed by atoms with Gasteiger partial charge in [0.25, 0.3) is 11.8 Å². The van der Waals surface area contributed by atoms with Crippen LogP contribution in [0.3, 0.4) is 0 Å². The first-order valence-electron chi connectivity index (χ1n) is 10.9. The van der Waals surface area contributed by atoms with Crippen molar-refractivity contribution in [1.82, 2.24) is 15.5 Å². The Labute approximate surface area is 185 Å². The van der Waals surface area contributed by atoms with Crippen LogP contribution in [0.2, 0.25) is 0 Å². The predicted molar refractivity (Wildman–Crippen MR) is 112 cm³/mol. The van der Waals surface area contributed by atoms with E-state index in [2.05, 4.69) is 10.6 Å². The lowest BCUT2D eigenvalue weighted by Gasteiger charge is -2.32. The van der Waals surface area contributed by atoms with E-state index in [4.69, 9.17) is 4.74 Å². The Balaban J connectivity index is 1.60. The van der Waals surface area contributed by atoms with Gasteiger partial charge in [0.2, 0.25) is 11.8 Å². The van der Waals surface area contributed by atoms with Crippen LogP contribution >= 0.6 is 0 Å². The third-order valence-corrected chi connectivity index (χ3v) is 6.02. The minimum Gasteiger partial charge on any atom is -0.460 e. The van der Waals surface area contributed by atoms with Gasteiger partial charge in [-0.1, -0.05) is 12.1 Å². The van der Waals surface area contributed by atoms with Crippen molar-refractivity contribution < 1.29 is 28.7 Å². The summed E-state index contributed by atoms with van der Waals surface area (Å²) in [5, 5.41) is 5.54. The fraction of sp³-hybridized carbons (Fsp3) is 0.522. The molecule has 3 aliphatic heterocycles. The number of benzene rings is 1. The second kappa shape index (κ2) is 8.12.